The monoisotopic (exact) mass is 586 g/mol. The number of hydrogen-bond donors (Lipinski definition) is 3. The number of rotatable bonds is 6. The number of carbonyl (C=O) groups is 3. The molecule has 7 unspecified atom stereocenters. The van der Waals surface area contributed by atoms with E-state index in [1.54, 1.807) is 0 Å². The van der Waals surface area contributed by atoms with Gasteiger partial charge >= 0.3 is 5.97 Å². The summed E-state index contributed by atoms with van der Waals surface area (Å²) in [6.45, 7) is 8.99. The average Bonchev–Trinajstić information content (AvgIpc) is 2.87. The van der Waals surface area contributed by atoms with Gasteiger partial charge in [-0.05, 0) is 54.6 Å². The summed E-state index contributed by atoms with van der Waals surface area (Å²) in [6, 6.07) is -0.201. The van der Waals surface area contributed by atoms with Crippen LogP contribution in [0.25, 0.3) is 0 Å². The van der Waals surface area contributed by atoms with Crippen molar-refractivity contribution < 1.29 is 48.3 Å². The van der Waals surface area contributed by atoms with Crippen LogP contribution in [0.4, 0.5) is 0 Å². The lowest BCUT2D eigenvalue weighted by atomic mass is 9.89. The van der Waals surface area contributed by atoms with Crippen molar-refractivity contribution in [3.05, 3.63) is 0 Å². The summed E-state index contributed by atoms with van der Waals surface area (Å²) < 4.78 is 29.5. The molecule has 12 nitrogen and oxygen atoms in total. The molecular weight excluding hydrogens is 536 g/mol. The number of nitrogens with zero attached hydrogens (tertiary/aromatic N) is 1. The van der Waals surface area contributed by atoms with Crippen LogP contribution < -0.4 is 5.32 Å². The minimum Gasteiger partial charge on any atom is -0.462 e. The molecule has 3 aliphatic heterocycles. The zero-order valence-corrected chi connectivity index (χ0v) is 25.5. The minimum atomic E-state index is -1.90. The Kier molecular flexibility index (Phi) is 12.1. The molecule has 236 valence electrons. The van der Waals surface area contributed by atoms with Crippen molar-refractivity contribution in [2.45, 2.75) is 109 Å². The van der Waals surface area contributed by atoms with Gasteiger partial charge in [0.2, 0.25) is 5.91 Å². The molecule has 3 saturated heterocycles. The first kappa shape index (κ1) is 33.8. The Bertz CT molecular complexity index is 895. The maximum absolute atomic E-state index is 13.4. The molecule has 3 heterocycles. The zero-order valence-electron chi connectivity index (χ0n) is 25.5. The third-order valence-electron chi connectivity index (χ3n) is 8.42. The van der Waals surface area contributed by atoms with Gasteiger partial charge in [-0.25, -0.2) is 0 Å². The molecule has 3 aliphatic rings. The molecule has 1 amide bonds. The summed E-state index contributed by atoms with van der Waals surface area (Å²) in [7, 11) is 4.01. The summed E-state index contributed by atoms with van der Waals surface area (Å²) in [5.41, 5.74) is -1.90. The van der Waals surface area contributed by atoms with E-state index in [2.05, 4.69) is 10.2 Å². The number of cyclic esters (lactones) is 1. The van der Waals surface area contributed by atoms with Crippen molar-refractivity contribution in [2.75, 3.05) is 40.5 Å². The largest absolute Gasteiger partial charge is 0.462 e. The fourth-order valence-corrected chi connectivity index (χ4v) is 5.41. The van der Waals surface area contributed by atoms with Gasteiger partial charge in [-0.3, -0.25) is 14.4 Å². The van der Waals surface area contributed by atoms with Crippen molar-refractivity contribution >= 4 is 17.7 Å². The van der Waals surface area contributed by atoms with Crippen LogP contribution in [0.1, 0.15) is 60.3 Å². The molecule has 41 heavy (non-hydrogen) atoms. The predicted octanol–water partition coefficient (Wildman–Crippen LogP) is 0.653. The van der Waals surface area contributed by atoms with E-state index in [0.717, 1.165) is 6.42 Å². The standard InChI is InChI=1S/C29H50N2O10/c1-16-8-23(38-14-20-12-37-13-20)24(41-25-10-21(31(6)7)9-17(2)40-25)11-22(32)18(3)28(35)39-15-29(5,36)26(33)19(4)27(34)30-16/h16-21,23-26,33,36H,8-15H2,1-7H3,(H,30,34)/t16-,17?,18?,19?,21?,23?,24-,25?,26?,29-/m1/s1. The van der Waals surface area contributed by atoms with E-state index in [9.17, 15) is 24.6 Å². The molecule has 0 bridgehead atoms. The summed E-state index contributed by atoms with van der Waals surface area (Å²) in [5.74, 6) is -3.65. The molecule has 3 N–H and O–H groups in total. The van der Waals surface area contributed by atoms with Crippen LogP contribution in [0.2, 0.25) is 0 Å². The maximum atomic E-state index is 13.4. The highest BCUT2D eigenvalue weighted by Gasteiger charge is 2.42. The second-order valence-corrected chi connectivity index (χ2v) is 12.7. The van der Waals surface area contributed by atoms with Crippen molar-refractivity contribution in [1.29, 1.82) is 0 Å². The lowest BCUT2D eigenvalue weighted by molar-refractivity contribution is -0.243. The number of carbonyl (C=O) groups excluding carboxylic acids is 3. The summed E-state index contributed by atoms with van der Waals surface area (Å²) >= 11 is 0. The normalized spacial score (nSPS) is 40.7. The number of amides is 1. The van der Waals surface area contributed by atoms with E-state index in [0.29, 0.717) is 32.7 Å². The second kappa shape index (κ2) is 14.7. The smallest absolute Gasteiger partial charge is 0.316 e. The van der Waals surface area contributed by atoms with E-state index in [-0.39, 0.29) is 24.5 Å². The molecule has 10 atom stereocenters. The van der Waals surface area contributed by atoms with Crippen LogP contribution in [0.15, 0.2) is 0 Å². The fraction of sp³-hybridized carbons (Fsp3) is 0.897. The van der Waals surface area contributed by atoms with Gasteiger partial charge in [0, 0.05) is 30.8 Å². The van der Waals surface area contributed by atoms with Crippen molar-refractivity contribution in [3.8, 4) is 0 Å². The van der Waals surface area contributed by atoms with Crippen LogP contribution in [-0.2, 0) is 38.1 Å². The number of ketones is 1. The topological polar surface area (TPSA) is 153 Å². The Morgan fingerprint density at radius 3 is 2.34 bits per heavy atom. The van der Waals surface area contributed by atoms with Gasteiger partial charge in [0.25, 0.3) is 0 Å². The average molecular weight is 587 g/mol. The van der Waals surface area contributed by atoms with E-state index >= 15 is 0 Å². The molecule has 0 aliphatic carbocycles. The van der Waals surface area contributed by atoms with Crippen LogP contribution in [-0.4, -0.2) is 122 Å². The number of esters is 1. The van der Waals surface area contributed by atoms with Gasteiger partial charge in [0.15, 0.2) is 6.29 Å². The number of ether oxygens (including phenoxy) is 5. The van der Waals surface area contributed by atoms with Gasteiger partial charge in [-0.15, -0.1) is 0 Å². The molecule has 0 aromatic rings. The first-order valence-electron chi connectivity index (χ1n) is 14.7. The fourth-order valence-electron chi connectivity index (χ4n) is 5.41. The van der Waals surface area contributed by atoms with Gasteiger partial charge in [-0.2, -0.15) is 0 Å². The van der Waals surface area contributed by atoms with E-state index in [1.807, 2.05) is 27.9 Å². The van der Waals surface area contributed by atoms with E-state index in [1.165, 1.54) is 20.8 Å². The van der Waals surface area contributed by atoms with Crippen LogP contribution in [0.3, 0.4) is 0 Å². The number of aliphatic hydroxyl groups is 2. The van der Waals surface area contributed by atoms with Gasteiger partial charge in [0.05, 0.1) is 50.2 Å². The Balaban J connectivity index is 1.90. The lowest BCUT2D eigenvalue weighted by Gasteiger charge is -2.40. The Morgan fingerprint density at radius 2 is 1.73 bits per heavy atom. The molecule has 0 aromatic carbocycles. The van der Waals surface area contributed by atoms with Gasteiger partial charge < -0.3 is 44.1 Å². The molecule has 0 spiro atoms. The molecule has 3 fully saturated rings. The minimum absolute atomic E-state index is 0.0570. The van der Waals surface area contributed by atoms with Crippen molar-refractivity contribution in [2.24, 2.45) is 17.8 Å². The second-order valence-electron chi connectivity index (χ2n) is 12.7. The number of hydrogen-bond acceptors (Lipinski definition) is 11. The van der Waals surface area contributed by atoms with Crippen molar-refractivity contribution in [1.82, 2.24) is 10.2 Å². The lowest BCUT2D eigenvalue weighted by Crippen LogP contribution is -2.52. The summed E-state index contributed by atoms with van der Waals surface area (Å²) in [6.07, 6.45) is -1.96. The van der Waals surface area contributed by atoms with Gasteiger partial charge in [-0.1, -0.05) is 6.92 Å². The molecular formula is C29H50N2O10. The molecule has 3 rings (SSSR count). The number of aliphatic hydroxyl groups excluding tert-OH is 1. The summed E-state index contributed by atoms with van der Waals surface area (Å²) in [4.78, 5) is 41.4. The Morgan fingerprint density at radius 1 is 1.05 bits per heavy atom. The summed E-state index contributed by atoms with van der Waals surface area (Å²) in [5, 5.41) is 24.4. The van der Waals surface area contributed by atoms with E-state index in [4.69, 9.17) is 23.7 Å². The Hall–Kier alpha value is -1.67. The number of Topliss-reactive ketones (excluding diaryl/α,β-unsaturated/α-hetero) is 1. The SMILES string of the molecule is CC1CC(N(C)C)CC(O[C@@H]2CC(=O)C(C)C(=O)OC[C@@](C)(O)C(O)C(C)C(=O)N[C@H](C)CC2OCC2COC2)O1. The third-order valence-corrected chi connectivity index (χ3v) is 8.42. The highest BCUT2D eigenvalue weighted by atomic mass is 16.7. The molecule has 0 saturated carbocycles. The Labute approximate surface area is 243 Å². The predicted molar refractivity (Wildman–Crippen MR) is 148 cm³/mol. The van der Waals surface area contributed by atoms with Crippen LogP contribution in [0, 0.1) is 17.8 Å². The van der Waals surface area contributed by atoms with Gasteiger partial charge in [0.1, 0.15) is 23.9 Å². The van der Waals surface area contributed by atoms with E-state index < -0.39 is 72.3 Å². The first-order valence-corrected chi connectivity index (χ1v) is 14.7. The molecule has 0 radical (unpaired) electrons. The first-order chi connectivity index (χ1) is 19.2. The zero-order chi connectivity index (χ0) is 30.5. The highest BCUT2D eigenvalue weighted by Crippen LogP contribution is 2.29. The highest BCUT2D eigenvalue weighted by molar-refractivity contribution is 5.98. The third kappa shape index (κ3) is 9.41. The quantitative estimate of drug-likeness (QED) is 0.297. The van der Waals surface area contributed by atoms with Crippen LogP contribution in [0.5, 0.6) is 0 Å². The number of nitrogens with one attached hydrogen (secondary N) is 1. The maximum Gasteiger partial charge on any atom is 0.316 e. The van der Waals surface area contributed by atoms with Crippen molar-refractivity contribution in [3.63, 3.8) is 0 Å². The van der Waals surface area contributed by atoms with Crippen LogP contribution >= 0.6 is 0 Å². The molecule has 0 aromatic heterocycles. The molecule has 12 heteroatoms.